The number of carbonyl (C=O) groups is 4. The second-order valence-electron chi connectivity index (χ2n) is 11.5. The Bertz CT molecular complexity index is 1360. The maximum Gasteiger partial charge on any atom is 0.423 e. The second kappa shape index (κ2) is 20.0. The summed E-state index contributed by atoms with van der Waals surface area (Å²) < 4.78 is 21.2. The van der Waals surface area contributed by atoms with Gasteiger partial charge in [-0.3, -0.25) is 0 Å². The molecule has 2 unspecified atom stereocenters. The van der Waals surface area contributed by atoms with E-state index in [0.29, 0.717) is 24.7 Å². The highest BCUT2D eigenvalue weighted by atomic mass is 35.5. The van der Waals surface area contributed by atoms with E-state index in [9.17, 15) is 19.2 Å². The Kier molecular flexibility index (Phi) is 17.6. The minimum Gasteiger partial charge on any atom is -0.462 e. The lowest BCUT2D eigenvalue weighted by molar-refractivity contribution is -0.156. The van der Waals surface area contributed by atoms with Crippen LogP contribution in [0.2, 0.25) is 30.1 Å². The lowest BCUT2D eigenvalue weighted by atomic mass is 9.87. The van der Waals surface area contributed by atoms with Crippen LogP contribution in [0.3, 0.4) is 0 Å². The predicted octanol–water partition coefficient (Wildman–Crippen LogP) is 11.4. The molecule has 0 aromatic heterocycles. The Morgan fingerprint density at radius 2 is 0.875 bits per heavy atom. The van der Waals surface area contributed by atoms with E-state index in [4.69, 9.17) is 88.6 Å². The van der Waals surface area contributed by atoms with E-state index in [-0.39, 0.29) is 55.2 Å². The average Bonchev–Trinajstić information content (AvgIpc) is 3.03. The number of ether oxygens (including phenoxy) is 4. The molecule has 0 spiro atoms. The van der Waals surface area contributed by atoms with Gasteiger partial charge >= 0.3 is 23.9 Å². The summed E-state index contributed by atoms with van der Waals surface area (Å²) in [5.41, 5.74) is -0.935. The third-order valence-electron chi connectivity index (χ3n) is 8.54. The molecule has 0 saturated heterocycles. The van der Waals surface area contributed by atoms with Gasteiger partial charge in [-0.25, -0.2) is 19.2 Å². The summed E-state index contributed by atoms with van der Waals surface area (Å²) in [4.78, 5) is 52.2. The van der Waals surface area contributed by atoms with Crippen molar-refractivity contribution in [3.63, 3.8) is 0 Å². The topological polar surface area (TPSA) is 105 Å². The first-order chi connectivity index (χ1) is 22.6. The van der Waals surface area contributed by atoms with Crippen molar-refractivity contribution in [2.24, 2.45) is 23.7 Å². The molecule has 48 heavy (non-hydrogen) atoms. The number of hydrogen-bond donors (Lipinski definition) is 0. The number of hydrogen-bond acceptors (Lipinski definition) is 8. The van der Waals surface area contributed by atoms with Gasteiger partial charge in [0.25, 0.3) is 0 Å². The van der Waals surface area contributed by atoms with E-state index in [0.717, 1.165) is 37.8 Å². The fraction of sp³-hybridized carbons (Fsp3) is 0.529. The normalized spacial score (nSPS) is 12.5. The van der Waals surface area contributed by atoms with Gasteiger partial charge in [-0.2, -0.15) is 0 Å². The number of esters is 4. The van der Waals surface area contributed by atoms with Crippen LogP contribution in [0, 0.1) is 23.7 Å². The minimum atomic E-state index is -1.65. The molecule has 0 aliphatic heterocycles. The van der Waals surface area contributed by atoms with Gasteiger partial charge < -0.3 is 18.9 Å². The molecule has 0 bridgehead atoms. The number of benzene rings is 2. The molecule has 0 radical (unpaired) electrons. The fourth-order valence-electron chi connectivity index (χ4n) is 5.47. The molecule has 0 amide bonds. The molecule has 2 aromatic rings. The van der Waals surface area contributed by atoms with Crippen LogP contribution in [0.25, 0.3) is 0 Å². The standard InChI is InChI=1S/C34H40Cl6O8/c1-7-19(8-2)17(5)11-13-45-31(41)25-27(39)21(35)15-23(37)29(25)47-33(43)34(44)48-30-24(38)16-22(36)28(40)26(30)32(42)46-14-12-18(6)20(9-3)10-4/h15-20H,7-14H2,1-6H3. The van der Waals surface area contributed by atoms with Crippen molar-refractivity contribution < 1.29 is 38.1 Å². The maximum absolute atomic E-state index is 13.1. The molecule has 2 rings (SSSR count). The van der Waals surface area contributed by atoms with E-state index in [1.54, 1.807) is 0 Å². The lowest BCUT2D eigenvalue weighted by Crippen LogP contribution is -2.27. The van der Waals surface area contributed by atoms with Crippen molar-refractivity contribution in [1.29, 1.82) is 0 Å². The first-order valence-electron chi connectivity index (χ1n) is 15.8. The second-order valence-corrected chi connectivity index (χ2v) is 13.8. The Labute approximate surface area is 311 Å². The maximum atomic E-state index is 13.1. The monoisotopic (exact) mass is 786 g/mol. The quantitative estimate of drug-likeness (QED) is 0.0716. The molecule has 0 saturated carbocycles. The van der Waals surface area contributed by atoms with Gasteiger partial charge in [-0.15, -0.1) is 0 Å². The van der Waals surface area contributed by atoms with Crippen molar-refractivity contribution in [3.05, 3.63) is 53.4 Å². The summed E-state index contributed by atoms with van der Waals surface area (Å²) in [6, 6.07) is 2.25. The van der Waals surface area contributed by atoms with Crippen LogP contribution in [0.15, 0.2) is 12.1 Å². The van der Waals surface area contributed by atoms with Crippen LogP contribution >= 0.6 is 69.6 Å². The third-order valence-corrected chi connectivity index (χ3v) is 10.7. The molecule has 0 N–H and O–H groups in total. The third kappa shape index (κ3) is 11.0. The van der Waals surface area contributed by atoms with E-state index in [1.807, 2.05) is 0 Å². The fourth-order valence-corrected chi connectivity index (χ4v) is 6.91. The largest absolute Gasteiger partial charge is 0.462 e. The van der Waals surface area contributed by atoms with Crippen molar-refractivity contribution in [2.45, 2.75) is 80.1 Å². The van der Waals surface area contributed by atoms with Gasteiger partial charge in [-0.05, 0) is 48.6 Å². The lowest BCUT2D eigenvalue weighted by Gasteiger charge is -2.21. The van der Waals surface area contributed by atoms with Crippen molar-refractivity contribution in [3.8, 4) is 11.5 Å². The van der Waals surface area contributed by atoms with Gasteiger partial charge in [0, 0.05) is 0 Å². The van der Waals surface area contributed by atoms with Gasteiger partial charge in [0.2, 0.25) is 0 Å². The Balaban J connectivity index is 2.29. The molecule has 2 aromatic carbocycles. The van der Waals surface area contributed by atoms with Gasteiger partial charge in [0.1, 0.15) is 11.1 Å². The molecule has 0 fully saturated rings. The van der Waals surface area contributed by atoms with Crippen molar-refractivity contribution in [2.75, 3.05) is 13.2 Å². The van der Waals surface area contributed by atoms with Gasteiger partial charge in [0.05, 0.1) is 43.3 Å². The highest BCUT2D eigenvalue weighted by Gasteiger charge is 2.32. The van der Waals surface area contributed by atoms with Crippen LogP contribution < -0.4 is 9.47 Å². The van der Waals surface area contributed by atoms with Crippen LogP contribution in [-0.4, -0.2) is 37.1 Å². The van der Waals surface area contributed by atoms with Crippen LogP contribution in [0.5, 0.6) is 11.5 Å². The van der Waals surface area contributed by atoms with Crippen LogP contribution in [0.1, 0.15) is 101 Å². The van der Waals surface area contributed by atoms with Gasteiger partial charge in [0.15, 0.2) is 11.5 Å². The van der Waals surface area contributed by atoms with E-state index >= 15 is 0 Å². The molecular weight excluding hydrogens is 749 g/mol. The summed E-state index contributed by atoms with van der Waals surface area (Å²) in [5.74, 6) is -4.98. The average molecular weight is 789 g/mol. The highest BCUT2D eigenvalue weighted by molar-refractivity contribution is 6.47. The summed E-state index contributed by atoms with van der Waals surface area (Å²) >= 11 is 37.4. The zero-order valence-electron chi connectivity index (χ0n) is 27.7. The SMILES string of the molecule is CCC(CC)C(C)CCOC(=O)c1c(Cl)c(Cl)cc(Cl)c1OC(=O)C(=O)Oc1c(Cl)cc(Cl)c(Cl)c1C(=O)OCCC(C)C(CC)CC. The minimum absolute atomic E-state index is 0.0395. The van der Waals surface area contributed by atoms with Gasteiger partial charge in [-0.1, -0.05) is 137 Å². The molecule has 0 aliphatic rings. The Morgan fingerprint density at radius 3 is 1.17 bits per heavy atom. The summed E-state index contributed by atoms with van der Waals surface area (Å²) in [6.45, 7) is 12.6. The Hall–Kier alpha value is -1.94. The molecular formula is C34H40Cl6O8. The molecule has 266 valence electrons. The van der Waals surface area contributed by atoms with E-state index in [1.165, 1.54) is 0 Å². The predicted molar refractivity (Wildman–Crippen MR) is 190 cm³/mol. The first-order valence-corrected chi connectivity index (χ1v) is 18.0. The zero-order valence-corrected chi connectivity index (χ0v) is 32.2. The van der Waals surface area contributed by atoms with E-state index in [2.05, 4.69) is 41.5 Å². The smallest absolute Gasteiger partial charge is 0.423 e. The summed E-state index contributed by atoms with van der Waals surface area (Å²) in [7, 11) is 0. The molecule has 0 aliphatic carbocycles. The molecule has 2 atom stereocenters. The summed E-state index contributed by atoms with van der Waals surface area (Å²) in [5, 5.41) is -1.51. The van der Waals surface area contributed by atoms with Crippen LogP contribution in [-0.2, 0) is 19.1 Å². The zero-order chi connectivity index (χ0) is 36.3. The molecule has 8 nitrogen and oxygen atoms in total. The molecule has 0 heterocycles. The summed E-state index contributed by atoms with van der Waals surface area (Å²) in [6.07, 6.45) is 5.04. The first kappa shape index (κ1) is 42.2. The Morgan fingerprint density at radius 1 is 0.562 bits per heavy atom. The van der Waals surface area contributed by atoms with Crippen molar-refractivity contribution >= 4 is 93.5 Å². The number of rotatable bonds is 16. The molecule has 14 heteroatoms. The van der Waals surface area contributed by atoms with E-state index < -0.39 is 46.5 Å². The van der Waals surface area contributed by atoms with Crippen molar-refractivity contribution in [1.82, 2.24) is 0 Å². The highest BCUT2D eigenvalue weighted by Crippen LogP contribution is 2.42. The number of carbonyl (C=O) groups excluding carboxylic acids is 4. The number of halogens is 6. The van der Waals surface area contributed by atoms with Crippen LogP contribution in [0.4, 0.5) is 0 Å².